The minimum Gasteiger partial charge on any atom is -0.492 e. The highest BCUT2D eigenvalue weighted by molar-refractivity contribution is 9.10. The van der Waals surface area contributed by atoms with Gasteiger partial charge in [-0.2, -0.15) is 4.52 Å². The van der Waals surface area contributed by atoms with Crippen molar-refractivity contribution in [3.63, 3.8) is 0 Å². The molecule has 1 aromatic carbocycles. The van der Waals surface area contributed by atoms with Gasteiger partial charge in [-0.3, -0.25) is 9.69 Å². The average Bonchev–Trinajstić information content (AvgIpc) is 3.21. The second-order valence-electron chi connectivity index (χ2n) is 6.93. The van der Waals surface area contributed by atoms with E-state index >= 15 is 0 Å². The molecule has 0 spiro atoms. The summed E-state index contributed by atoms with van der Waals surface area (Å²) in [6.07, 6.45) is 1.47. The van der Waals surface area contributed by atoms with E-state index in [1.807, 2.05) is 19.1 Å². The number of halogens is 1. The van der Waals surface area contributed by atoms with Crippen molar-refractivity contribution in [2.24, 2.45) is 5.92 Å². The summed E-state index contributed by atoms with van der Waals surface area (Å²) < 4.78 is 7.41. The SMILES string of the molecule is COC(=O)C1CCN(C(c2ccc(Br)cc2)c2sc3nc(C)nn3c2O)CC1. The zero-order valence-corrected chi connectivity index (χ0v) is 18.0. The predicted octanol–water partition coefficient (Wildman–Crippen LogP) is 3.54. The smallest absolute Gasteiger partial charge is 0.308 e. The van der Waals surface area contributed by atoms with E-state index in [2.05, 4.69) is 43.0 Å². The maximum absolute atomic E-state index is 11.9. The Hall–Kier alpha value is -1.97. The highest BCUT2D eigenvalue weighted by Gasteiger charge is 2.34. The number of esters is 1. The largest absolute Gasteiger partial charge is 0.492 e. The fraction of sp³-hybridized carbons (Fsp3) is 0.421. The Morgan fingerprint density at radius 1 is 1.32 bits per heavy atom. The molecule has 0 aliphatic carbocycles. The fourth-order valence-electron chi connectivity index (χ4n) is 3.76. The van der Waals surface area contributed by atoms with Gasteiger partial charge in [0.25, 0.3) is 0 Å². The first-order valence-corrected chi connectivity index (χ1v) is 10.7. The lowest BCUT2D eigenvalue weighted by Crippen LogP contribution is -2.39. The van der Waals surface area contributed by atoms with Crippen LogP contribution in [0.4, 0.5) is 0 Å². The summed E-state index contributed by atoms with van der Waals surface area (Å²) in [5.74, 6) is 0.554. The molecular weight excluding hydrogens is 444 g/mol. The molecule has 0 bridgehead atoms. The van der Waals surface area contributed by atoms with Gasteiger partial charge in [0.1, 0.15) is 5.82 Å². The monoisotopic (exact) mass is 464 g/mol. The van der Waals surface area contributed by atoms with Crippen molar-refractivity contribution in [1.29, 1.82) is 0 Å². The predicted molar refractivity (Wildman–Crippen MR) is 110 cm³/mol. The van der Waals surface area contributed by atoms with Gasteiger partial charge in [0.05, 0.1) is 23.9 Å². The normalized spacial score (nSPS) is 17.1. The van der Waals surface area contributed by atoms with Gasteiger partial charge in [-0.05, 0) is 50.6 Å². The molecule has 7 nitrogen and oxygen atoms in total. The summed E-state index contributed by atoms with van der Waals surface area (Å²) in [7, 11) is 1.44. The van der Waals surface area contributed by atoms with Crippen molar-refractivity contribution in [3.8, 4) is 5.88 Å². The van der Waals surface area contributed by atoms with E-state index in [9.17, 15) is 9.90 Å². The van der Waals surface area contributed by atoms with Crippen LogP contribution < -0.4 is 0 Å². The van der Waals surface area contributed by atoms with Crippen LogP contribution in [0.3, 0.4) is 0 Å². The number of aryl methyl sites for hydroxylation is 1. The van der Waals surface area contributed by atoms with E-state index < -0.39 is 0 Å². The van der Waals surface area contributed by atoms with Crippen LogP contribution >= 0.6 is 27.3 Å². The number of thiazole rings is 1. The Labute approximate surface area is 175 Å². The van der Waals surface area contributed by atoms with E-state index in [0.29, 0.717) is 10.8 Å². The van der Waals surface area contributed by atoms with Gasteiger partial charge >= 0.3 is 5.97 Å². The molecule has 4 rings (SSSR count). The van der Waals surface area contributed by atoms with E-state index in [0.717, 1.165) is 40.8 Å². The molecule has 2 aromatic heterocycles. The van der Waals surface area contributed by atoms with Crippen LogP contribution in [0, 0.1) is 12.8 Å². The number of hydrogen-bond acceptors (Lipinski definition) is 7. The van der Waals surface area contributed by atoms with Gasteiger partial charge in [0.2, 0.25) is 10.8 Å². The summed E-state index contributed by atoms with van der Waals surface area (Å²) >= 11 is 4.94. The number of benzene rings is 1. The molecule has 1 atom stereocenters. The molecule has 3 heterocycles. The number of nitrogens with zero attached hydrogens (tertiary/aromatic N) is 4. The number of piperidine rings is 1. The molecule has 0 radical (unpaired) electrons. The van der Waals surface area contributed by atoms with E-state index in [-0.39, 0.29) is 23.8 Å². The van der Waals surface area contributed by atoms with Crippen molar-refractivity contribution in [3.05, 3.63) is 45.0 Å². The van der Waals surface area contributed by atoms with Crippen molar-refractivity contribution < 1.29 is 14.6 Å². The lowest BCUT2D eigenvalue weighted by molar-refractivity contribution is -0.147. The van der Waals surface area contributed by atoms with Crippen LogP contribution in [0.25, 0.3) is 4.96 Å². The molecule has 1 unspecified atom stereocenters. The number of aromatic hydroxyl groups is 1. The number of ether oxygens (including phenoxy) is 1. The van der Waals surface area contributed by atoms with Crippen molar-refractivity contribution in [2.75, 3.05) is 20.2 Å². The molecule has 28 heavy (non-hydrogen) atoms. The molecule has 0 amide bonds. The summed E-state index contributed by atoms with van der Waals surface area (Å²) in [5.41, 5.74) is 1.08. The third-order valence-electron chi connectivity index (χ3n) is 5.17. The fourth-order valence-corrected chi connectivity index (χ4v) is 5.19. The molecule has 1 saturated heterocycles. The highest BCUT2D eigenvalue weighted by Crippen LogP contribution is 2.41. The Kier molecular flexibility index (Phi) is 5.39. The lowest BCUT2D eigenvalue weighted by Gasteiger charge is -2.36. The molecule has 148 valence electrons. The van der Waals surface area contributed by atoms with E-state index in [1.165, 1.54) is 23.0 Å². The van der Waals surface area contributed by atoms with Crippen molar-refractivity contribution in [1.82, 2.24) is 19.5 Å². The van der Waals surface area contributed by atoms with Crippen molar-refractivity contribution in [2.45, 2.75) is 25.8 Å². The van der Waals surface area contributed by atoms with E-state index in [4.69, 9.17) is 4.74 Å². The standard InChI is InChI=1S/C19H21BrN4O3S/c1-11-21-19-24(22-11)17(25)16(28-19)15(12-3-5-14(20)6-4-12)23-9-7-13(8-10-23)18(26)27-2/h3-6,13,15,25H,7-10H2,1-2H3. The molecule has 9 heteroatoms. The third kappa shape index (κ3) is 3.54. The summed E-state index contributed by atoms with van der Waals surface area (Å²) in [5, 5.41) is 15.2. The Morgan fingerprint density at radius 2 is 2.00 bits per heavy atom. The van der Waals surface area contributed by atoms with Crippen LogP contribution in [-0.4, -0.2) is 50.8 Å². The topological polar surface area (TPSA) is 80.0 Å². The Morgan fingerprint density at radius 3 is 2.61 bits per heavy atom. The summed E-state index contributed by atoms with van der Waals surface area (Å²) in [6.45, 7) is 3.29. The van der Waals surface area contributed by atoms with Gasteiger partial charge in [-0.25, -0.2) is 4.98 Å². The zero-order chi connectivity index (χ0) is 19.8. The number of likely N-dealkylation sites (tertiary alicyclic amines) is 1. The van der Waals surface area contributed by atoms with Gasteiger partial charge in [-0.15, -0.1) is 5.10 Å². The molecule has 1 fully saturated rings. The second kappa shape index (κ2) is 7.81. The first-order chi connectivity index (χ1) is 13.5. The van der Waals surface area contributed by atoms with E-state index in [1.54, 1.807) is 0 Å². The van der Waals surface area contributed by atoms with Gasteiger partial charge in [0, 0.05) is 4.47 Å². The van der Waals surface area contributed by atoms with Gasteiger partial charge in [0.15, 0.2) is 0 Å². The molecule has 0 saturated carbocycles. The van der Waals surface area contributed by atoms with Crippen molar-refractivity contribution >= 4 is 38.2 Å². The number of carbonyl (C=O) groups excluding carboxylic acids is 1. The number of aromatic nitrogens is 3. The number of hydrogen-bond donors (Lipinski definition) is 1. The molecule has 3 aromatic rings. The average molecular weight is 465 g/mol. The Balaban J connectivity index is 1.70. The minimum absolute atomic E-state index is 0.0645. The number of methoxy groups -OCH3 is 1. The maximum Gasteiger partial charge on any atom is 0.308 e. The molecule has 1 N–H and O–H groups in total. The lowest BCUT2D eigenvalue weighted by atomic mass is 9.94. The van der Waals surface area contributed by atoms with Crippen LogP contribution in [-0.2, 0) is 9.53 Å². The molecule has 1 aliphatic heterocycles. The molecular formula is C19H21BrN4O3S. The van der Waals surface area contributed by atoms with Crippen LogP contribution in [0.2, 0.25) is 0 Å². The van der Waals surface area contributed by atoms with Crippen LogP contribution in [0.1, 0.15) is 35.1 Å². The zero-order valence-electron chi connectivity index (χ0n) is 15.6. The number of rotatable bonds is 4. The van der Waals surface area contributed by atoms with Gasteiger partial charge in [-0.1, -0.05) is 39.4 Å². The summed E-state index contributed by atoms with van der Waals surface area (Å²) in [6, 6.07) is 7.99. The minimum atomic E-state index is -0.142. The molecule has 1 aliphatic rings. The first-order valence-electron chi connectivity index (χ1n) is 9.10. The summed E-state index contributed by atoms with van der Waals surface area (Å²) in [4.78, 5) is 20.1. The van der Waals surface area contributed by atoms with Crippen LogP contribution in [0.5, 0.6) is 5.88 Å². The Bertz CT molecular complexity index is 993. The number of carbonyl (C=O) groups is 1. The second-order valence-corrected chi connectivity index (χ2v) is 8.86. The van der Waals surface area contributed by atoms with Gasteiger partial charge < -0.3 is 9.84 Å². The number of fused-ring (bicyclic) bond motifs is 1. The third-order valence-corrected chi connectivity index (χ3v) is 6.77. The van der Waals surface area contributed by atoms with Crippen LogP contribution in [0.15, 0.2) is 28.7 Å². The highest BCUT2D eigenvalue weighted by atomic mass is 79.9. The first kappa shape index (κ1) is 19.4. The maximum atomic E-state index is 11.9. The quantitative estimate of drug-likeness (QED) is 0.594.